The Kier molecular flexibility index (Phi) is 10.1. The van der Waals surface area contributed by atoms with Crippen molar-refractivity contribution in [3.05, 3.63) is 70.4 Å². The maximum absolute atomic E-state index is 13.7. The van der Waals surface area contributed by atoms with E-state index < -0.39 is 10.0 Å². The van der Waals surface area contributed by atoms with Gasteiger partial charge in [-0.25, -0.2) is 17.9 Å². The van der Waals surface area contributed by atoms with Crippen molar-refractivity contribution in [1.29, 1.82) is 0 Å². The molecule has 0 radical (unpaired) electrons. The number of nitrogens with one attached hydrogen (secondary N) is 1. The highest BCUT2D eigenvalue weighted by Gasteiger charge is 2.27. The fourth-order valence-electron chi connectivity index (χ4n) is 5.17. The van der Waals surface area contributed by atoms with E-state index in [0.717, 1.165) is 43.6 Å². The van der Waals surface area contributed by atoms with Crippen molar-refractivity contribution in [2.75, 3.05) is 25.7 Å². The maximum atomic E-state index is 13.7. The van der Waals surface area contributed by atoms with Gasteiger partial charge in [-0.1, -0.05) is 57.7 Å². The lowest BCUT2D eigenvalue weighted by atomic mass is 9.97. The van der Waals surface area contributed by atoms with Crippen LogP contribution in [0.5, 0.6) is 5.75 Å². The van der Waals surface area contributed by atoms with Crippen LogP contribution in [0.15, 0.2) is 58.2 Å². The summed E-state index contributed by atoms with van der Waals surface area (Å²) in [6, 6.07) is 13.8. The molecule has 4 rings (SSSR count). The lowest BCUT2D eigenvalue weighted by molar-refractivity contribution is 0.341. The number of aryl methyl sites for hydroxylation is 1. The number of aromatic nitrogens is 4. The van der Waals surface area contributed by atoms with E-state index in [0.29, 0.717) is 29.1 Å². The fourth-order valence-corrected chi connectivity index (χ4v) is 6.40. The first kappa shape index (κ1) is 31.2. The van der Waals surface area contributed by atoms with Gasteiger partial charge in [-0.15, -0.1) is 9.51 Å². The van der Waals surface area contributed by atoms with Crippen LogP contribution in [0.2, 0.25) is 0 Å². The third-order valence-corrected chi connectivity index (χ3v) is 9.46. The molecule has 42 heavy (non-hydrogen) atoms. The summed E-state index contributed by atoms with van der Waals surface area (Å²) in [5, 5.41) is 6.39. The number of sulfonamides is 1. The second-order valence-corrected chi connectivity index (χ2v) is 12.4. The predicted octanol–water partition coefficient (Wildman–Crippen LogP) is 5.93. The Hall–Kier alpha value is -3.70. The predicted molar refractivity (Wildman–Crippen MR) is 167 cm³/mol. The number of anilines is 1. The quantitative estimate of drug-likeness (QED) is 0.142. The standard InChI is InChI=1S/C31H42N6O4S/c1-7-10-11-13-16-23(8-2)30-32-22(4)28-31(38)33-29(34-37(28)30)26-21-25(19-20-27(26)41-9-3)42(39,40)36(6)35(5)24-17-14-12-15-18-24/h12,14-15,17-21,23H,7-11,13,16H2,1-6H3,(H,33,34,38). The Morgan fingerprint density at radius 2 is 1.76 bits per heavy atom. The lowest BCUT2D eigenvalue weighted by Gasteiger charge is -2.29. The van der Waals surface area contributed by atoms with E-state index in [9.17, 15) is 13.2 Å². The van der Waals surface area contributed by atoms with Crippen LogP contribution < -0.4 is 15.3 Å². The molecule has 2 aromatic heterocycles. The van der Waals surface area contributed by atoms with Gasteiger partial charge in [0.05, 0.1) is 28.4 Å². The van der Waals surface area contributed by atoms with Gasteiger partial charge in [0.25, 0.3) is 15.6 Å². The molecule has 0 aliphatic carbocycles. The van der Waals surface area contributed by atoms with E-state index in [4.69, 9.17) is 14.8 Å². The van der Waals surface area contributed by atoms with Gasteiger partial charge in [-0.3, -0.25) is 9.80 Å². The fraction of sp³-hybridized carbons (Fsp3) is 0.452. The van der Waals surface area contributed by atoms with Crippen LogP contribution in [0, 0.1) is 6.92 Å². The molecule has 11 heteroatoms. The number of unbranched alkanes of at least 4 members (excludes halogenated alkanes) is 3. The third kappa shape index (κ3) is 6.37. The van der Waals surface area contributed by atoms with Crippen LogP contribution in [0.1, 0.15) is 76.7 Å². The zero-order valence-electron chi connectivity index (χ0n) is 25.4. The first-order chi connectivity index (χ1) is 20.1. The summed E-state index contributed by atoms with van der Waals surface area (Å²) in [6.45, 7) is 8.33. The molecular weight excluding hydrogens is 552 g/mol. The van der Waals surface area contributed by atoms with E-state index >= 15 is 0 Å². The summed E-state index contributed by atoms with van der Waals surface area (Å²) in [4.78, 5) is 21.1. The number of H-pyrrole nitrogens is 1. The zero-order valence-corrected chi connectivity index (χ0v) is 26.2. The van der Waals surface area contributed by atoms with Crippen molar-refractivity contribution in [1.82, 2.24) is 24.0 Å². The van der Waals surface area contributed by atoms with Crippen LogP contribution in [0.25, 0.3) is 16.9 Å². The average Bonchev–Trinajstić information content (AvgIpc) is 3.33. The topological polar surface area (TPSA) is 113 Å². The normalized spacial score (nSPS) is 12.6. The number of rotatable bonds is 14. The number of hydrazine groups is 1. The Labute approximate surface area is 248 Å². The number of aromatic amines is 1. The Morgan fingerprint density at radius 1 is 1.02 bits per heavy atom. The minimum atomic E-state index is -3.97. The Balaban J connectivity index is 1.81. The Bertz CT molecular complexity index is 1670. The van der Waals surface area contributed by atoms with Crippen molar-refractivity contribution in [2.24, 2.45) is 0 Å². The van der Waals surface area contributed by atoms with E-state index in [1.54, 1.807) is 22.6 Å². The SMILES string of the molecule is CCCCCCC(CC)c1nc(C)c2c(=O)[nH]c(-c3cc(S(=O)(=O)N(C)N(C)c4ccccc4)ccc3OCC)nn12. The van der Waals surface area contributed by atoms with Gasteiger partial charge in [0.1, 0.15) is 11.6 Å². The molecule has 0 spiro atoms. The molecule has 4 aromatic rings. The van der Waals surface area contributed by atoms with E-state index in [1.165, 1.54) is 30.0 Å². The minimum absolute atomic E-state index is 0.0402. The van der Waals surface area contributed by atoms with Crippen molar-refractivity contribution in [3.8, 4) is 17.1 Å². The molecule has 2 aromatic carbocycles. The maximum Gasteiger partial charge on any atom is 0.277 e. The molecule has 1 N–H and O–H groups in total. The second-order valence-electron chi connectivity index (χ2n) is 10.5. The molecule has 226 valence electrons. The van der Waals surface area contributed by atoms with Gasteiger partial charge in [-0.05, 0) is 57.0 Å². The molecule has 1 unspecified atom stereocenters. The minimum Gasteiger partial charge on any atom is -0.493 e. The average molecular weight is 595 g/mol. The monoisotopic (exact) mass is 594 g/mol. The first-order valence-corrected chi connectivity index (χ1v) is 16.1. The van der Waals surface area contributed by atoms with Crippen molar-refractivity contribution in [2.45, 2.75) is 77.0 Å². The molecule has 0 bridgehead atoms. The van der Waals surface area contributed by atoms with Crippen molar-refractivity contribution in [3.63, 3.8) is 0 Å². The van der Waals surface area contributed by atoms with Gasteiger partial charge in [0.2, 0.25) is 0 Å². The van der Waals surface area contributed by atoms with Crippen molar-refractivity contribution < 1.29 is 13.2 Å². The van der Waals surface area contributed by atoms with E-state index in [1.807, 2.05) is 44.2 Å². The number of benzene rings is 2. The summed E-state index contributed by atoms with van der Waals surface area (Å²) >= 11 is 0. The highest BCUT2D eigenvalue weighted by Crippen LogP contribution is 2.33. The number of imidazole rings is 1. The summed E-state index contributed by atoms with van der Waals surface area (Å²) in [7, 11) is -0.791. The first-order valence-electron chi connectivity index (χ1n) is 14.7. The summed E-state index contributed by atoms with van der Waals surface area (Å²) in [5.41, 5.74) is 1.76. The van der Waals surface area contributed by atoms with E-state index in [2.05, 4.69) is 18.8 Å². The Morgan fingerprint density at radius 3 is 2.43 bits per heavy atom. The molecule has 0 saturated heterocycles. The summed E-state index contributed by atoms with van der Waals surface area (Å²) in [6.07, 6.45) is 6.41. The van der Waals surface area contributed by atoms with Gasteiger partial charge in [0, 0.05) is 20.0 Å². The molecule has 10 nitrogen and oxygen atoms in total. The van der Waals surface area contributed by atoms with E-state index in [-0.39, 0.29) is 22.2 Å². The summed E-state index contributed by atoms with van der Waals surface area (Å²) < 4.78 is 36.2. The highest BCUT2D eigenvalue weighted by molar-refractivity contribution is 7.89. The highest BCUT2D eigenvalue weighted by atomic mass is 32.2. The number of hydrogen-bond acceptors (Lipinski definition) is 7. The largest absolute Gasteiger partial charge is 0.493 e. The van der Waals surface area contributed by atoms with Crippen molar-refractivity contribution >= 4 is 21.2 Å². The van der Waals surface area contributed by atoms with Gasteiger partial charge in [0.15, 0.2) is 11.3 Å². The molecule has 1 atom stereocenters. The number of hydrogen-bond donors (Lipinski definition) is 1. The van der Waals surface area contributed by atoms with Crippen LogP contribution in [-0.4, -0.2) is 53.1 Å². The molecule has 0 aliphatic heterocycles. The molecular formula is C31H42N6O4S. The molecule has 0 amide bonds. The van der Waals surface area contributed by atoms with Crippen LogP contribution in [0.3, 0.4) is 0 Å². The second kappa shape index (κ2) is 13.5. The molecule has 2 heterocycles. The number of fused-ring (bicyclic) bond motifs is 1. The van der Waals surface area contributed by atoms with Gasteiger partial charge in [-0.2, -0.15) is 0 Å². The van der Waals surface area contributed by atoms with Crippen LogP contribution in [0.4, 0.5) is 5.69 Å². The van der Waals surface area contributed by atoms with Gasteiger partial charge < -0.3 is 9.72 Å². The summed E-state index contributed by atoms with van der Waals surface area (Å²) in [5.74, 6) is 1.53. The van der Waals surface area contributed by atoms with Crippen LogP contribution >= 0.6 is 0 Å². The van der Waals surface area contributed by atoms with Gasteiger partial charge >= 0.3 is 0 Å². The zero-order chi connectivity index (χ0) is 30.4. The third-order valence-electron chi connectivity index (χ3n) is 7.67. The number of para-hydroxylation sites is 1. The number of ether oxygens (including phenoxy) is 1. The number of nitrogens with zero attached hydrogens (tertiary/aromatic N) is 5. The molecule has 0 fully saturated rings. The molecule has 0 saturated carbocycles. The molecule has 0 aliphatic rings. The lowest BCUT2D eigenvalue weighted by Crippen LogP contribution is -2.41. The van der Waals surface area contributed by atoms with Crippen LogP contribution in [-0.2, 0) is 10.0 Å². The smallest absolute Gasteiger partial charge is 0.277 e.